The lowest BCUT2D eigenvalue weighted by Gasteiger charge is -2.20. The zero-order valence-corrected chi connectivity index (χ0v) is 15.3. The average Bonchev–Trinajstić information content (AvgIpc) is 2.61. The molecule has 1 atom stereocenters. The van der Waals surface area contributed by atoms with Crippen molar-refractivity contribution in [2.24, 2.45) is 0 Å². The highest BCUT2D eigenvalue weighted by atomic mass is 19.4. The number of methoxy groups -OCH3 is 1. The molecule has 0 spiro atoms. The van der Waals surface area contributed by atoms with E-state index in [2.05, 4.69) is 21.4 Å². The monoisotopic (exact) mass is 393 g/mol. The number of fused-ring (bicyclic) bond motifs is 1. The maximum absolute atomic E-state index is 14.5. The van der Waals surface area contributed by atoms with Crippen LogP contribution in [-0.4, -0.2) is 17.1 Å². The van der Waals surface area contributed by atoms with Gasteiger partial charge in [-0.15, -0.1) is 0 Å². The van der Waals surface area contributed by atoms with E-state index in [0.717, 1.165) is 0 Å². The van der Waals surface area contributed by atoms with E-state index in [1.807, 2.05) is 0 Å². The molecular formula is C19H17F4N4O. The molecule has 0 saturated heterocycles. The van der Waals surface area contributed by atoms with Crippen LogP contribution >= 0.6 is 0 Å². The third kappa shape index (κ3) is 3.78. The molecule has 0 saturated carbocycles. The van der Waals surface area contributed by atoms with Crippen molar-refractivity contribution in [2.45, 2.75) is 26.1 Å². The molecular weight excluding hydrogens is 376 g/mol. The number of nitrogens with two attached hydrogens (primary N) is 1. The van der Waals surface area contributed by atoms with Crippen LogP contribution in [-0.2, 0) is 6.18 Å². The molecule has 3 rings (SSSR count). The maximum Gasteiger partial charge on any atom is 0.419 e. The molecule has 2 aromatic carbocycles. The number of hydrogen-bond donors (Lipinski definition) is 2. The van der Waals surface area contributed by atoms with Crippen molar-refractivity contribution in [3.05, 3.63) is 53.1 Å². The lowest BCUT2D eigenvalue weighted by atomic mass is 10.0. The smallest absolute Gasteiger partial charge is 0.419 e. The third-order valence-electron chi connectivity index (χ3n) is 4.18. The van der Waals surface area contributed by atoms with Crippen molar-refractivity contribution in [2.75, 3.05) is 18.2 Å². The lowest BCUT2D eigenvalue weighted by molar-refractivity contribution is -0.140. The fourth-order valence-corrected chi connectivity index (χ4v) is 2.87. The van der Waals surface area contributed by atoms with E-state index in [9.17, 15) is 17.6 Å². The highest BCUT2D eigenvalue weighted by Gasteiger charge is 2.36. The summed E-state index contributed by atoms with van der Waals surface area (Å²) in [6.45, 7) is 3.19. The van der Waals surface area contributed by atoms with E-state index in [0.29, 0.717) is 34.4 Å². The molecule has 1 radical (unpaired) electrons. The molecule has 9 heteroatoms. The van der Waals surface area contributed by atoms with Gasteiger partial charge in [-0.25, -0.2) is 14.4 Å². The van der Waals surface area contributed by atoms with Crippen LogP contribution in [0.15, 0.2) is 24.3 Å². The van der Waals surface area contributed by atoms with Crippen LogP contribution in [0.4, 0.5) is 29.1 Å². The summed E-state index contributed by atoms with van der Waals surface area (Å²) in [6.07, 6.45) is -4.85. The summed E-state index contributed by atoms with van der Waals surface area (Å²) in [5, 5.41) is 3.52. The van der Waals surface area contributed by atoms with Gasteiger partial charge >= 0.3 is 6.18 Å². The van der Waals surface area contributed by atoms with Crippen molar-refractivity contribution >= 4 is 22.4 Å². The summed E-state index contributed by atoms with van der Waals surface area (Å²) in [4.78, 5) is 8.59. The topological polar surface area (TPSA) is 73.1 Å². The van der Waals surface area contributed by atoms with E-state index >= 15 is 0 Å². The first-order chi connectivity index (χ1) is 13.1. The number of alkyl halides is 3. The van der Waals surface area contributed by atoms with Crippen LogP contribution in [0.2, 0.25) is 0 Å². The summed E-state index contributed by atoms with van der Waals surface area (Å²) in [5.74, 6) is -0.171. The molecule has 28 heavy (non-hydrogen) atoms. The molecule has 0 aliphatic carbocycles. The Morgan fingerprint density at radius 2 is 1.93 bits per heavy atom. The average molecular weight is 393 g/mol. The number of halogens is 4. The zero-order chi connectivity index (χ0) is 20.6. The second kappa shape index (κ2) is 7.14. The summed E-state index contributed by atoms with van der Waals surface area (Å²) < 4.78 is 59.0. The summed E-state index contributed by atoms with van der Waals surface area (Å²) in [6, 6.07) is 7.06. The van der Waals surface area contributed by atoms with Gasteiger partial charge in [-0.3, -0.25) is 0 Å². The van der Waals surface area contributed by atoms with Gasteiger partial charge in [0.25, 0.3) is 0 Å². The Balaban J connectivity index is 2.07. The van der Waals surface area contributed by atoms with E-state index in [1.165, 1.54) is 20.1 Å². The Hall–Kier alpha value is -3.10. The van der Waals surface area contributed by atoms with Gasteiger partial charge in [-0.1, -0.05) is 0 Å². The highest BCUT2D eigenvalue weighted by Crippen LogP contribution is 2.37. The van der Waals surface area contributed by atoms with E-state index < -0.39 is 23.6 Å². The third-order valence-corrected chi connectivity index (χ3v) is 4.18. The first-order valence-electron chi connectivity index (χ1n) is 8.27. The molecule has 0 aliphatic rings. The molecule has 0 aliphatic heterocycles. The second-order valence-corrected chi connectivity index (χ2v) is 6.26. The number of aryl methyl sites for hydroxylation is 1. The van der Waals surface area contributed by atoms with Crippen molar-refractivity contribution in [1.82, 2.24) is 9.97 Å². The number of benzene rings is 2. The van der Waals surface area contributed by atoms with Gasteiger partial charge in [0.05, 0.1) is 24.2 Å². The maximum atomic E-state index is 14.5. The largest absolute Gasteiger partial charge is 0.496 e. The minimum Gasteiger partial charge on any atom is -0.496 e. The normalized spacial score (nSPS) is 12.8. The highest BCUT2D eigenvalue weighted by molar-refractivity contribution is 5.90. The number of ether oxygens (including phenoxy) is 1. The number of anilines is 2. The molecule has 0 bridgehead atoms. The van der Waals surface area contributed by atoms with E-state index in [1.54, 1.807) is 19.1 Å². The van der Waals surface area contributed by atoms with Gasteiger partial charge in [-0.2, -0.15) is 13.2 Å². The first-order valence-corrected chi connectivity index (χ1v) is 8.27. The molecule has 0 amide bonds. The number of aromatic nitrogens is 2. The Bertz CT molecular complexity index is 1040. The molecule has 5 nitrogen and oxygen atoms in total. The van der Waals surface area contributed by atoms with E-state index in [-0.39, 0.29) is 11.3 Å². The van der Waals surface area contributed by atoms with Gasteiger partial charge in [0, 0.05) is 22.7 Å². The van der Waals surface area contributed by atoms with E-state index in [4.69, 9.17) is 10.5 Å². The van der Waals surface area contributed by atoms with Crippen molar-refractivity contribution in [3.63, 3.8) is 0 Å². The number of nitrogens with one attached hydrogen (secondary N) is 1. The van der Waals surface area contributed by atoms with Crippen LogP contribution in [0, 0.1) is 18.8 Å². The Kier molecular flexibility index (Phi) is 5.01. The number of hydrogen-bond acceptors (Lipinski definition) is 5. The SMILES string of the molecule is COc1[c]cc2nc(C)nc(N[C@H](C)c3cc(N)cc(C(F)(F)F)c3F)c2c1. The quantitative estimate of drug-likeness (QED) is 0.498. The van der Waals surface area contributed by atoms with Gasteiger partial charge < -0.3 is 15.8 Å². The molecule has 3 N–H and O–H groups in total. The van der Waals surface area contributed by atoms with Crippen LogP contribution in [0.3, 0.4) is 0 Å². The van der Waals surface area contributed by atoms with Crippen LogP contribution < -0.4 is 15.8 Å². The standard InChI is InChI=1S/C19H17F4N4O/c1-9(13-6-11(24)7-15(17(13)20)19(21,22)23)25-18-14-8-12(28-3)4-5-16(14)26-10(2)27-18/h5-9H,24H2,1-3H3,(H,25,26,27)/t9-/m1/s1. The van der Waals surface area contributed by atoms with Crippen molar-refractivity contribution in [1.29, 1.82) is 0 Å². The Morgan fingerprint density at radius 3 is 2.57 bits per heavy atom. The predicted molar refractivity (Wildman–Crippen MR) is 97.5 cm³/mol. The zero-order valence-electron chi connectivity index (χ0n) is 15.3. The van der Waals surface area contributed by atoms with Gasteiger partial charge in [0.2, 0.25) is 0 Å². The first kappa shape index (κ1) is 19.7. The van der Waals surface area contributed by atoms with Crippen molar-refractivity contribution in [3.8, 4) is 5.75 Å². The van der Waals surface area contributed by atoms with Gasteiger partial charge in [0.1, 0.15) is 23.2 Å². The minimum atomic E-state index is -4.85. The number of nitrogens with zero attached hydrogens (tertiary/aromatic N) is 2. The van der Waals surface area contributed by atoms with Crippen LogP contribution in [0.5, 0.6) is 5.75 Å². The summed E-state index contributed by atoms with van der Waals surface area (Å²) >= 11 is 0. The summed E-state index contributed by atoms with van der Waals surface area (Å²) in [5.41, 5.74) is 4.32. The lowest BCUT2D eigenvalue weighted by Crippen LogP contribution is -2.16. The van der Waals surface area contributed by atoms with Gasteiger partial charge in [0.15, 0.2) is 0 Å². The van der Waals surface area contributed by atoms with Gasteiger partial charge in [-0.05, 0) is 38.1 Å². The summed E-state index contributed by atoms with van der Waals surface area (Å²) in [7, 11) is 1.48. The predicted octanol–water partition coefficient (Wildman–Crippen LogP) is 4.66. The Labute approximate surface area is 158 Å². The fraction of sp³-hybridized carbons (Fsp3) is 0.263. The second-order valence-electron chi connectivity index (χ2n) is 6.26. The molecule has 1 heterocycles. The molecule has 147 valence electrons. The number of rotatable bonds is 4. The molecule has 0 fully saturated rings. The van der Waals surface area contributed by atoms with Crippen LogP contribution in [0.25, 0.3) is 10.9 Å². The minimum absolute atomic E-state index is 0.183. The molecule has 1 aromatic heterocycles. The number of nitrogen functional groups attached to an aromatic ring is 1. The van der Waals surface area contributed by atoms with Crippen LogP contribution in [0.1, 0.15) is 29.9 Å². The Morgan fingerprint density at radius 1 is 1.21 bits per heavy atom. The molecule has 0 unspecified atom stereocenters. The molecule has 3 aromatic rings. The fourth-order valence-electron chi connectivity index (χ4n) is 2.87. The van der Waals surface area contributed by atoms with Crippen molar-refractivity contribution < 1.29 is 22.3 Å².